The summed E-state index contributed by atoms with van der Waals surface area (Å²) in [6, 6.07) is 21.8. The van der Waals surface area contributed by atoms with Crippen LogP contribution in [-0.4, -0.2) is 50.0 Å². The third-order valence-electron chi connectivity index (χ3n) is 6.39. The zero-order valence-corrected chi connectivity index (χ0v) is 23.8. The number of hydrogen-bond donors (Lipinski definition) is 2. The van der Waals surface area contributed by atoms with Crippen LogP contribution < -0.4 is 15.4 Å². The third kappa shape index (κ3) is 6.91. The topological polar surface area (TPSA) is 97.0 Å². The maximum Gasteiger partial charge on any atom is 0.278 e. The molecule has 0 spiro atoms. The van der Waals surface area contributed by atoms with E-state index in [1.165, 1.54) is 22.2 Å². The van der Waals surface area contributed by atoms with Gasteiger partial charge in [-0.15, -0.1) is 0 Å². The summed E-state index contributed by atoms with van der Waals surface area (Å²) in [5, 5.41) is 6.06. The van der Waals surface area contributed by atoms with E-state index in [4.69, 9.17) is 9.47 Å². The number of methoxy groups -OCH3 is 2. The van der Waals surface area contributed by atoms with Crippen molar-refractivity contribution in [1.82, 2.24) is 4.90 Å². The normalized spacial score (nSPS) is 13.3. The Morgan fingerprint density at radius 1 is 0.875 bits per heavy atom. The molecule has 3 aromatic carbocycles. The number of amides is 3. The summed E-state index contributed by atoms with van der Waals surface area (Å²) >= 11 is 1.22. The summed E-state index contributed by atoms with van der Waals surface area (Å²) in [7, 11) is 3.16. The van der Waals surface area contributed by atoms with Crippen molar-refractivity contribution in [3.63, 3.8) is 0 Å². The van der Waals surface area contributed by atoms with E-state index in [9.17, 15) is 14.4 Å². The maximum atomic E-state index is 13.4. The van der Waals surface area contributed by atoms with Gasteiger partial charge in [0.05, 0.1) is 7.11 Å². The molecule has 0 saturated carbocycles. The van der Waals surface area contributed by atoms with Gasteiger partial charge in [0.2, 0.25) is 0 Å². The lowest BCUT2D eigenvalue weighted by molar-refractivity contribution is -0.137. The molecule has 4 rings (SSSR count). The quantitative estimate of drug-likeness (QED) is 0.211. The number of carbonyl (C=O) groups excluding carboxylic acids is 3. The van der Waals surface area contributed by atoms with Gasteiger partial charge in [0, 0.05) is 42.1 Å². The van der Waals surface area contributed by atoms with Crippen LogP contribution in [-0.2, 0) is 14.3 Å². The summed E-state index contributed by atoms with van der Waals surface area (Å²) in [5.74, 6) is 0.105. The second-order valence-corrected chi connectivity index (χ2v) is 10.6. The number of ether oxygens (including phenoxy) is 2. The van der Waals surface area contributed by atoms with E-state index in [2.05, 4.69) is 24.5 Å². The summed E-state index contributed by atoms with van der Waals surface area (Å²) in [5.41, 5.74) is 3.28. The van der Waals surface area contributed by atoms with E-state index in [0.29, 0.717) is 40.9 Å². The van der Waals surface area contributed by atoms with Crippen LogP contribution in [0, 0.1) is 0 Å². The van der Waals surface area contributed by atoms with Gasteiger partial charge in [-0.25, -0.2) is 0 Å². The lowest BCUT2D eigenvalue weighted by Crippen LogP contribution is -2.33. The first-order chi connectivity index (χ1) is 19.3. The van der Waals surface area contributed by atoms with Crippen LogP contribution in [0.5, 0.6) is 5.75 Å². The minimum atomic E-state index is -0.361. The van der Waals surface area contributed by atoms with Crippen molar-refractivity contribution in [2.75, 3.05) is 38.0 Å². The fourth-order valence-electron chi connectivity index (χ4n) is 4.09. The van der Waals surface area contributed by atoms with Crippen LogP contribution in [0.15, 0.2) is 88.3 Å². The molecule has 1 heterocycles. The van der Waals surface area contributed by atoms with Crippen LogP contribution in [0.2, 0.25) is 0 Å². The molecule has 8 nitrogen and oxygen atoms in total. The molecule has 1 aliphatic rings. The molecule has 0 fully saturated rings. The van der Waals surface area contributed by atoms with Gasteiger partial charge in [0.25, 0.3) is 17.7 Å². The molecular formula is C31H33N3O5S. The van der Waals surface area contributed by atoms with Crippen molar-refractivity contribution >= 4 is 40.9 Å². The van der Waals surface area contributed by atoms with Gasteiger partial charge in [-0.05, 0) is 78.6 Å². The van der Waals surface area contributed by atoms with Gasteiger partial charge < -0.3 is 20.1 Å². The van der Waals surface area contributed by atoms with Crippen LogP contribution in [0.1, 0.15) is 42.1 Å². The molecule has 0 unspecified atom stereocenters. The molecule has 0 aliphatic carbocycles. The minimum Gasteiger partial charge on any atom is -0.497 e. The number of benzene rings is 3. The molecule has 3 aromatic rings. The molecule has 40 heavy (non-hydrogen) atoms. The Morgan fingerprint density at radius 2 is 1.52 bits per heavy atom. The summed E-state index contributed by atoms with van der Waals surface area (Å²) in [6.45, 7) is 4.95. The van der Waals surface area contributed by atoms with Crippen molar-refractivity contribution in [3.8, 4) is 5.75 Å². The SMILES string of the molecule is COCCCN1C(=O)C(Nc2ccc(C(C)C)cc2)=C(Sc2ccc(NC(=O)c3ccc(OC)cc3)cc2)C1=O. The Labute approximate surface area is 238 Å². The minimum absolute atomic E-state index is 0.246. The molecule has 0 saturated heterocycles. The van der Waals surface area contributed by atoms with E-state index >= 15 is 0 Å². The van der Waals surface area contributed by atoms with Gasteiger partial charge >= 0.3 is 0 Å². The summed E-state index contributed by atoms with van der Waals surface area (Å²) < 4.78 is 10.2. The van der Waals surface area contributed by atoms with Crippen molar-refractivity contribution in [3.05, 3.63) is 94.5 Å². The smallest absolute Gasteiger partial charge is 0.278 e. The number of anilines is 2. The molecular weight excluding hydrogens is 526 g/mol. The average molecular weight is 560 g/mol. The van der Waals surface area contributed by atoms with Crippen LogP contribution in [0.3, 0.4) is 0 Å². The Morgan fingerprint density at radius 3 is 2.12 bits per heavy atom. The number of nitrogens with one attached hydrogen (secondary N) is 2. The fraction of sp³-hybridized carbons (Fsp3) is 0.258. The van der Waals surface area contributed by atoms with E-state index in [1.807, 2.05) is 36.4 Å². The highest BCUT2D eigenvalue weighted by Crippen LogP contribution is 2.36. The fourth-order valence-corrected chi connectivity index (χ4v) is 5.04. The maximum absolute atomic E-state index is 13.4. The van der Waals surface area contributed by atoms with E-state index in [1.54, 1.807) is 50.6 Å². The highest BCUT2D eigenvalue weighted by atomic mass is 32.2. The standard InChI is InChI=1S/C31H33N3O5S/c1-20(2)21-6-10-23(11-7-21)32-27-28(31(37)34(30(27)36)18-5-19-38-3)40-26-16-12-24(13-17-26)33-29(35)22-8-14-25(39-4)15-9-22/h6-17,20,32H,5,18-19H2,1-4H3,(H,33,35). The van der Waals surface area contributed by atoms with Crippen molar-refractivity contribution in [2.45, 2.75) is 31.1 Å². The molecule has 3 amide bonds. The second-order valence-electron chi connectivity index (χ2n) is 9.52. The van der Waals surface area contributed by atoms with E-state index in [-0.39, 0.29) is 30.0 Å². The monoisotopic (exact) mass is 559 g/mol. The summed E-state index contributed by atoms with van der Waals surface area (Å²) in [6.07, 6.45) is 0.547. The highest BCUT2D eigenvalue weighted by molar-refractivity contribution is 8.04. The largest absolute Gasteiger partial charge is 0.497 e. The Bertz CT molecular complexity index is 1380. The van der Waals surface area contributed by atoms with Crippen LogP contribution in [0.25, 0.3) is 0 Å². The van der Waals surface area contributed by atoms with E-state index in [0.717, 1.165) is 10.6 Å². The third-order valence-corrected chi connectivity index (χ3v) is 7.48. The first kappa shape index (κ1) is 28.9. The van der Waals surface area contributed by atoms with Gasteiger partial charge in [-0.3, -0.25) is 19.3 Å². The van der Waals surface area contributed by atoms with Crippen LogP contribution >= 0.6 is 11.8 Å². The van der Waals surface area contributed by atoms with Crippen molar-refractivity contribution in [1.29, 1.82) is 0 Å². The van der Waals surface area contributed by atoms with Crippen molar-refractivity contribution in [2.24, 2.45) is 0 Å². The average Bonchev–Trinajstić information content (AvgIpc) is 3.18. The lowest BCUT2D eigenvalue weighted by Gasteiger charge is -2.15. The van der Waals surface area contributed by atoms with Gasteiger partial charge in [-0.2, -0.15) is 0 Å². The molecule has 0 aromatic heterocycles. The first-order valence-electron chi connectivity index (χ1n) is 13.0. The first-order valence-corrected chi connectivity index (χ1v) is 13.8. The molecule has 2 N–H and O–H groups in total. The number of carbonyl (C=O) groups is 3. The predicted octanol–water partition coefficient (Wildman–Crippen LogP) is 5.89. The van der Waals surface area contributed by atoms with Crippen LogP contribution in [0.4, 0.5) is 11.4 Å². The number of thioether (sulfide) groups is 1. The number of rotatable bonds is 12. The van der Waals surface area contributed by atoms with Gasteiger partial charge in [0.1, 0.15) is 16.4 Å². The second kappa shape index (κ2) is 13.3. The molecule has 1 aliphatic heterocycles. The molecule has 0 bridgehead atoms. The zero-order valence-electron chi connectivity index (χ0n) is 23.0. The Kier molecular flexibility index (Phi) is 9.63. The number of hydrogen-bond acceptors (Lipinski definition) is 7. The molecule has 208 valence electrons. The van der Waals surface area contributed by atoms with Gasteiger partial charge in [0.15, 0.2) is 0 Å². The molecule has 0 radical (unpaired) electrons. The predicted molar refractivity (Wildman–Crippen MR) is 158 cm³/mol. The number of imide groups is 1. The molecule has 0 atom stereocenters. The van der Waals surface area contributed by atoms with Gasteiger partial charge in [-0.1, -0.05) is 37.7 Å². The number of nitrogens with zero attached hydrogens (tertiary/aromatic N) is 1. The Hall–Kier alpha value is -4.08. The summed E-state index contributed by atoms with van der Waals surface area (Å²) in [4.78, 5) is 41.6. The van der Waals surface area contributed by atoms with E-state index < -0.39 is 0 Å². The zero-order chi connectivity index (χ0) is 28.6. The highest BCUT2D eigenvalue weighted by Gasteiger charge is 2.38. The molecule has 9 heteroatoms. The Balaban J connectivity index is 1.52. The van der Waals surface area contributed by atoms with Crippen molar-refractivity contribution < 1.29 is 23.9 Å². The lowest BCUT2D eigenvalue weighted by atomic mass is 10.0.